The van der Waals surface area contributed by atoms with Gasteiger partial charge in [0, 0.05) is 17.3 Å². The van der Waals surface area contributed by atoms with Gasteiger partial charge in [-0.15, -0.1) is 11.3 Å². The number of anilines is 1. The number of aromatic nitrogens is 2. The minimum atomic E-state index is -0.492. The Bertz CT molecular complexity index is 712. The second-order valence-electron chi connectivity index (χ2n) is 5.18. The summed E-state index contributed by atoms with van der Waals surface area (Å²) in [5.74, 6) is -0.874. The van der Waals surface area contributed by atoms with Crippen molar-refractivity contribution in [2.24, 2.45) is 5.73 Å². The van der Waals surface area contributed by atoms with E-state index in [1.807, 2.05) is 0 Å². The summed E-state index contributed by atoms with van der Waals surface area (Å²) in [6.07, 6.45) is 9.41. The molecule has 0 unspecified atom stereocenters. The summed E-state index contributed by atoms with van der Waals surface area (Å²) in [6.45, 7) is 0. The molecule has 0 bridgehead atoms. The highest BCUT2D eigenvalue weighted by atomic mass is 32.1. The molecule has 2 aromatic heterocycles. The lowest BCUT2D eigenvalue weighted by Crippen LogP contribution is -2.18. The molecule has 2 heterocycles. The summed E-state index contributed by atoms with van der Waals surface area (Å²) >= 11 is 1.45. The van der Waals surface area contributed by atoms with Crippen LogP contribution in [0, 0.1) is 0 Å². The van der Waals surface area contributed by atoms with Gasteiger partial charge in [-0.1, -0.05) is 6.42 Å². The van der Waals surface area contributed by atoms with Crippen LogP contribution in [0.3, 0.4) is 0 Å². The summed E-state index contributed by atoms with van der Waals surface area (Å²) in [5.41, 5.74) is 7.21. The summed E-state index contributed by atoms with van der Waals surface area (Å²) in [7, 11) is 0. The molecule has 0 saturated carbocycles. The van der Waals surface area contributed by atoms with E-state index in [9.17, 15) is 9.59 Å². The van der Waals surface area contributed by atoms with E-state index in [2.05, 4.69) is 15.3 Å². The third-order valence-corrected chi connectivity index (χ3v) is 4.90. The van der Waals surface area contributed by atoms with Crippen LogP contribution in [-0.2, 0) is 12.8 Å². The molecule has 114 valence electrons. The van der Waals surface area contributed by atoms with Crippen LogP contribution in [0.5, 0.6) is 0 Å². The van der Waals surface area contributed by atoms with Gasteiger partial charge in [-0.2, -0.15) is 0 Å². The van der Waals surface area contributed by atoms with E-state index in [1.165, 1.54) is 29.9 Å². The van der Waals surface area contributed by atoms with Gasteiger partial charge in [0.2, 0.25) is 0 Å². The molecule has 2 aromatic rings. The first-order valence-corrected chi connectivity index (χ1v) is 8.00. The average Bonchev–Trinajstić information content (AvgIpc) is 2.69. The molecule has 1 aliphatic carbocycles. The van der Waals surface area contributed by atoms with Crippen LogP contribution in [0.2, 0.25) is 0 Å². The van der Waals surface area contributed by atoms with Gasteiger partial charge >= 0.3 is 0 Å². The van der Waals surface area contributed by atoms with E-state index in [0.717, 1.165) is 42.5 Å². The number of thiophene rings is 1. The second-order valence-corrected chi connectivity index (χ2v) is 6.28. The predicted octanol–water partition coefficient (Wildman–Crippen LogP) is 2.16. The molecule has 22 heavy (non-hydrogen) atoms. The quantitative estimate of drug-likeness (QED) is 0.848. The monoisotopic (exact) mass is 316 g/mol. The van der Waals surface area contributed by atoms with Gasteiger partial charge in [-0.25, -0.2) is 4.98 Å². The Morgan fingerprint density at radius 2 is 2.00 bits per heavy atom. The van der Waals surface area contributed by atoms with Crippen molar-refractivity contribution in [3.05, 3.63) is 40.3 Å². The topological polar surface area (TPSA) is 98.0 Å². The lowest BCUT2D eigenvalue weighted by Gasteiger charge is -2.05. The summed E-state index contributed by atoms with van der Waals surface area (Å²) in [4.78, 5) is 33.0. The first kappa shape index (κ1) is 14.6. The van der Waals surface area contributed by atoms with Crippen molar-refractivity contribution >= 4 is 28.2 Å². The zero-order valence-corrected chi connectivity index (χ0v) is 12.8. The maximum Gasteiger partial charge on any atom is 0.276 e. The molecule has 3 N–H and O–H groups in total. The third-order valence-electron chi connectivity index (χ3n) is 3.69. The molecular weight excluding hydrogens is 300 g/mol. The number of nitrogens with two attached hydrogens (primary N) is 1. The van der Waals surface area contributed by atoms with Crippen molar-refractivity contribution in [3.8, 4) is 0 Å². The van der Waals surface area contributed by atoms with E-state index in [0.29, 0.717) is 10.6 Å². The fourth-order valence-electron chi connectivity index (χ4n) is 2.67. The maximum atomic E-state index is 12.2. The molecule has 7 heteroatoms. The number of fused-ring (bicyclic) bond motifs is 1. The zero-order chi connectivity index (χ0) is 15.5. The lowest BCUT2D eigenvalue weighted by molar-refractivity contribution is 0.100. The molecule has 0 saturated heterocycles. The summed E-state index contributed by atoms with van der Waals surface area (Å²) in [6, 6.07) is 0. The van der Waals surface area contributed by atoms with E-state index in [1.54, 1.807) is 0 Å². The normalized spacial score (nSPS) is 14.0. The number of nitrogens with one attached hydrogen (secondary N) is 1. The summed E-state index contributed by atoms with van der Waals surface area (Å²) in [5, 5.41) is 3.29. The number of rotatable bonds is 3. The van der Waals surface area contributed by atoms with E-state index < -0.39 is 5.91 Å². The molecule has 0 atom stereocenters. The molecule has 2 amide bonds. The Balaban J connectivity index is 1.94. The molecule has 0 fully saturated rings. The molecular formula is C15H16N4O2S. The number of primary amides is 1. The Morgan fingerprint density at radius 3 is 2.73 bits per heavy atom. The second kappa shape index (κ2) is 6.23. The van der Waals surface area contributed by atoms with E-state index >= 15 is 0 Å². The third kappa shape index (κ3) is 2.85. The minimum absolute atomic E-state index is 0.210. The zero-order valence-electron chi connectivity index (χ0n) is 12.0. The van der Waals surface area contributed by atoms with Crippen LogP contribution in [-0.4, -0.2) is 21.8 Å². The molecule has 3 rings (SSSR count). The Hall–Kier alpha value is -2.28. The number of amides is 2. The highest BCUT2D eigenvalue weighted by Gasteiger charge is 2.24. The lowest BCUT2D eigenvalue weighted by atomic mass is 10.1. The molecule has 6 nitrogen and oxygen atoms in total. The molecule has 0 spiro atoms. The van der Waals surface area contributed by atoms with Crippen molar-refractivity contribution in [3.63, 3.8) is 0 Å². The SMILES string of the molecule is NC(=O)c1c(NC(=O)c2cnccn2)sc2c1CCCCC2. The average molecular weight is 316 g/mol. The first-order valence-electron chi connectivity index (χ1n) is 7.18. The van der Waals surface area contributed by atoms with Crippen molar-refractivity contribution < 1.29 is 9.59 Å². The van der Waals surface area contributed by atoms with E-state index in [-0.39, 0.29) is 11.6 Å². The maximum absolute atomic E-state index is 12.2. The highest BCUT2D eigenvalue weighted by Crippen LogP contribution is 2.37. The number of nitrogens with zero attached hydrogens (tertiary/aromatic N) is 2. The summed E-state index contributed by atoms with van der Waals surface area (Å²) < 4.78 is 0. The largest absolute Gasteiger partial charge is 0.365 e. The minimum Gasteiger partial charge on any atom is -0.365 e. The molecule has 0 aromatic carbocycles. The van der Waals surface area contributed by atoms with Gasteiger partial charge in [0.15, 0.2) is 0 Å². The number of hydrogen-bond donors (Lipinski definition) is 2. The van der Waals surface area contributed by atoms with Crippen LogP contribution in [0.4, 0.5) is 5.00 Å². The van der Waals surface area contributed by atoms with Gasteiger partial charge in [0.1, 0.15) is 10.7 Å². The fourth-order valence-corrected chi connectivity index (χ4v) is 3.96. The Labute approximate surface area is 131 Å². The molecule has 0 radical (unpaired) electrons. The van der Waals surface area contributed by atoms with Gasteiger partial charge in [-0.05, 0) is 31.2 Å². The predicted molar refractivity (Wildman–Crippen MR) is 84.1 cm³/mol. The van der Waals surface area contributed by atoms with Gasteiger partial charge in [-0.3, -0.25) is 14.6 Å². The van der Waals surface area contributed by atoms with Gasteiger partial charge in [0.25, 0.3) is 11.8 Å². The smallest absolute Gasteiger partial charge is 0.276 e. The molecule has 0 aliphatic heterocycles. The first-order chi connectivity index (χ1) is 10.7. The van der Waals surface area contributed by atoms with Crippen molar-refractivity contribution in [1.82, 2.24) is 9.97 Å². The van der Waals surface area contributed by atoms with Crippen LogP contribution >= 0.6 is 11.3 Å². The fraction of sp³-hybridized carbons (Fsp3) is 0.333. The van der Waals surface area contributed by atoms with Crippen molar-refractivity contribution in [1.29, 1.82) is 0 Å². The van der Waals surface area contributed by atoms with Crippen LogP contribution in [0.15, 0.2) is 18.6 Å². The Morgan fingerprint density at radius 1 is 1.18 bits per heavy atom. The van der Waals surface area contributed by atoms with Crippen LogP contribution in [0.25, 0.3) is 0 Å². The number of carbonyl (C=O) groups excluding carboxylic acids is 2. The van der Waals surface area contributed by atoms with Crippen molar-refractivity contribution in [2.45, 2.75) is 32.1 Å². The highest BCUT2D eigenvalue weighted by molar-refractivity contribution is 7.17. The van der Waals surface area contributed by atoms with Gasteiger partial charge in [0.05, 0.1) is 11.8 Å². The van der Waals surface area contributed by atoms with E-state index in [4.69, 9.17) is 5.73 Å². The molecule has 1 aliphatic rings. The Kier molecular flexibility index (Phi) is 4.15. The standard InChI is InChI=1S/C15H16N4O2S/c16-13(20)12-9-4-2-1-3-5-11(9)22-15(12)19-14(21)10-8-17-6-7-18-10/h6-8H,1-5H2,(H2,16,20)(H,19,21). The number of hydrogen-bond acceptors (Lipinski definition) is 5. The van der Waals surface area contributed by atoms with Crippen LogP contribution < -0.4 is 11.1 Å². The van der Waals surface area contributed by atoms with Crippen LogP contribution in [0.1, 0.15) is 50.5 Å². The van der Waals surface area contributed by atoms with Gasteiger partial charge < -0.3 is 11.1 Å². The van der Waals surface area contributed by atoms with Crippen molar-refractivity contribution in [2.75, 3.05) is 5.32 Å². The number of aryl methyl sites for hydroxylation is 1. The number of carbonyl (C=O) groups is 2.